The van der Waals surface area contributed by atoms with Crippen molar-refractivity contribution in [2.24, 2.45) is 0 Å². The van der Waals surface area contributed by atoms with E-state index in [2.05, 4.69) is 0 Å². The fourth-order valence-electron chi connectivity index (χ4n) is 1.66. The molecule has 6 heteroatoms. The first-order valence-corrected chi connectivity index (χ1v) is 5.27. The van der Waals surface area contributed by atoms with Gasteiger partial charge in [0.05, 0.1) is 12.1 Å². The molecule has 1 aromatic rings. The van der Waals surface area contributed by atoms with Crippen LogP contribution in [-0.2, 0) is 6.54 Å². The number of carboxylic acid groups (broad SMARTS) is 1. The predicted molar refractivity (Wildman–Crippen MR) is 60.5 cm³/mol. The maximum Gasteiger partial charge on any atom is 0.401 e. The number of carboxylic acids is 1. The molecule has 0 aliphatic heterocycles. The fourth-order valence-corrected chi connectivity index (χ4v) is 1.66. The molecule has 0 heterocycles. The second-order valence-electron chi connectivity index (χ2n) is 4.23. The number of hydrogen-bond acceptors (Lipinski definition) is 2. The van der Waals surface area contributed by atoms with Crippen molar-refractivity contribution in [1.29, 1.82) is 0 Å². The Bertz CT molecular complexity index is 443. The zero-order chi connectivity index (χ0) is 13.9. The third-order valence-electron chi connectivity index (χ3n) is 2.48. The van der Waals surface area contributed by atoms with Crippen LogP contribution in [0.4, 0.5) is 13.2 Å². The van der Waals surface area contributed by atoms with Gasteiger partial charge in [-0.1, -0.05) is 6.07 Å². The highest BCUT2D eigenvalue weighted by Gasteiger charge is 2.29. The van der Waals surface area contributed by atoms with Crippen molar-refractivity contribution < 1.29 is 23.1 Å². The SMILES string of the molecule is Cc1cc(C(=O)O)ccc1CN(C)CC(F)(F)F. The highest BCUT2D eigenvalue weighted by atomic mass is 19.4. The van der Waals surface area contributed by atoms with E-state index in [1.165, 1.54) is 19.2 Å². The molecule has 0 saturated heterocycles. The van der Waals surface area contributed by atoms with Crippen LogP contribution in [0.5, 0.6) is 0 Å². The standard InChI is InChI=1S/C12H14F3NO2/c1-8-5-9(11(17)18)3-4-10(8)6-16(2)7-12(13,14)15/h3-5H,6-7H2,1-2H3,(H,17,18). The molecule has 1 N–H and O–H groups in total. The van der Waals surface area contributed by atoms with Gasteiger partial charge in [0.1, 0.15) is 0 Å². The number of aryl methyl sites for hydroxylation is 1. The summed E-state index contributed by atoms with van der Waals surface area (Å²) in [5.74, 6) is -1.05. The van der Waals surface area contributed by atoms with Crippen molar-refractivity contribution in [1.82, 2.24) is 4.90 Å². The van der Waals surface area contributed by atoms with Crippen LogP contribution in [0, 0.1) is 6.92 Å². The number of carbonyl (C=O) groups is 1. The van der Waals surface area contributed by atoms with Crippen molar-refractivity contribution >= 4 is 5.97 Å². The van der Waals surface area contributed by atoms with Gasteiger partial charge < -0.3 is 5.11 Å². The Labute approximate surface area is 103 Å². The molecule has 3 nitrogen and oxygen atoms in total. The van der Waals surface area contributed by atoms with Crippen LogP contribution in [-0.4, -0.2) is 35.7 Å². The molecule has 0 bridgehead atoms. The molecule has 0 unspecified atom stereocenters. The minimum absolute atomic E-state index is 0.130. The molecule has 0 aliphatic rings. The average molecular weight is 261 g/mol. The van der Waals surface area contributed by atoms with Crippen LogP contribution < -0.4 is 0 Å². The molecular weight excluding hydrogens is 247 g/mol. The number of alkyl halides is 3. The first kappa shape index (κ1) is 14.5. The van der Waals surface area contributed by atoms with Gasteiger partial charge in [0.15, 0.2) is 0 Å². The van der Waals surface area contributed by atoms with Crippen LogP contribution in [0.25, 0.3) is 0 Å². The second kappa shape index (κ2) is 5.39. The topological polar surface area (TPSA) is 40.5 Å². The number of hydrogen-bond donors (Lipinski definition) is 1. The van der Waals surface area contributed by atoms with Gasteiger partial charge in [0.2, 0.25) is 0 Å². The van der Waals surface area contributed by atoms with Crippen molar-refractivity contribution in [3.8, 4) is 0 Å². The normalized spacial score (nSPS) is 11.9. The maximum absolute atomic E-state index is 12.2. The number of aromatic carboxylic acids is 1. The van der Waals surface area contributed by atoms with E-state index < -0.39 is 18.7 Å². The highest BCUT2D eigenvalue weighted by molar-refractivity contribution is 5.87. The van der Waals surface area contributed by atoms with Gasteiger partial charge in [-0.3, -0.25) is 4.90 Å². The summed E-state index contributed by atoms with van der Waals surface area (Å²) in [5.41, 5.74) is 1.49. The minimum Gasteiger partial charge on any atom is -0.478 e. The van der Waals surface area contributed by atoms with Crippen LogP contribution in [0.3, 0.4) is 0 Å². The van der Waals surface area contributed by atoms with E-state index in [0.717, 1.165) is 4.90 Å². The summed E-state index contributed by atoms with van der Waals surface area (Å²) < 4.78 is 36.5. The summed E-state index contributed by atoms with van der Waals surface area (Å²) in [6, 6.07) is 4.40. The Kier molecular flexibility index (Phi) is 4.34. The molecule has 0 aliphatic carbocycles. The van der Waals surface area contributed by atoms with Crippen LogP contribution in [0.1, 0.15) is 21.5 Å². The van der Waals surface area contributed by atoms with Gasteiger partial charge in [0, 0.05) is 6.54 Å². The number of rotatable bonds is 4. The summed E-state index contributed by atoms with van der Waals surface area (Å²) in [6.07, 6.45) is -4.23. The summed E-state index contributed by atoms with van der Waals surface area (Å²) in [4.78, 5) is 11.9. The lowest BCUT2D eigenvalue weighted by molar-refractivity contribution is -0.144. The Hall–Kier alpha value is -1.56. The summed E-state index contributed by atoms with van der Waals surface area (Å²) in [7, 11) is 1.37. The predicted octanol–water partition coefficient (Wildman–Crippen LogP) is 2.69. The molecule has 18 heavy (non-hydrogen) atoms. The zero-order valence-electron chi connectivity index (χ0n) is 10.1. The molecule has 0 atom stereocenters. The Morgan fingerprint density at radius 2 is 2.00 bits per heavy atom. The Morgan fingerprint density at radius 3 is 2.44 bits per heavy atom. The van der Waals surface area contributed by atoms with Gasteiger partial charge in [-0.15, -0.1) is 0 Å². The lowest BCUT2D eigenvalue weighted by Gasteiger charge is -2.19. The number of nitrogens with zero attached hydrogens (tertiary/aromatic N) is 1. The lowest BCUT2D eigenvalue weighted by atomic mass is 10.0. The molecule has 1 aromatic carbocycles. The van der Waals surface area contributed by atoms with Crippen LogP contribution in [0.2, 0.25) is 0 Å². The summed E-state index contributed by atoms with van der Waals surface area (Å²) in [5, 5.41) is 8.78. The Balaban J connectivity index is 2.77. The first-order chi connectivity index (χ1) is 8.19. The minimum atomic E-state index is -4.23. The van der Waals surface area contributed by atoms with E-state index in [4.69, 9.17) is 5.11 Å². The van der Waals surface area contributed by atoms with E-state index in [-0.39, 0.29) is 12.1 Å². The van der Waals surface area contributed by atoms with Crippen LogP contribution >= 0.6 is 0 Å². The number of benzene rings is 1. The first-order valence-electron chi connectivity index (χ1n) is 5.27. The second-order valence-corrected chi connectivity index (χ2v) is 4.23. The van der Waals surface area contributed by atoms with E-state index in [1.54, 1.807) is 13.0 Å². The molecule has 100 valence electrons. The third-order valence-corrected chi connectivity index (χ3v) is 2.48. The average Bonchev–Trinajstić information content (AvgIpc) is 2.17. The highest BCUT2D eigenvalue weighted by Crippen LogP contribution is 2.18. The number of halogens is 3. The third kappa shape index (κ3) is 4.37. The van der Waals surface area contributed by atoms with Gasteiger partial charge in [-0.25, -0.2) is 4.79 Å². The van der Waals surface area contributed by atoms with Gasteiger partial charge >= 0.3 is 12.1 Å². The summed E-state index contributed by atoms with van der Waals surface area (Å²) in [6.45, 7) is 0.821. The van der Waals surface area contributed by atoms with E-state index in [9.17, 15) is 18.0 Å². The monoisotopic (exact) mass is 261 g/mol. The van der Waals surface area contributed by atoms with Gasteiger partial charge in [-0.05, 0) is 37.2 Å². The van der Waals surface area contributed by atoms with Crippen LogP contribution in [0.15, 0.2) is 18.2 Å². The van der Waals surface area contributed by atoms with Crippen molar-refractivity contribution in [3.63, 3.8) is 0 Å². The molecule has 0 amide bonds. The van der Waals surface area contributed by atoms with E-state index >= 15 is 0 Å². The van der Waals surface area contributed by atoms with Gasteiger partial charge in [0.25, 0.3) is 0 Å². The van der Waals surface area contributed by atoms with E-state index in [0.29, 0.717) is 11.1 Å². The molecule has 0 fully saturated rings. The van der Waals surface area contributed by atoms with Crippen molar-refractivity contribution in [2.45, 2.75) is 19.6 Å². The quantitative estimate of drug-likeness (QED) is 0.905. The fraction of sp³-hybridized carbons (Fsp3) is 0.417. The molecule has 0 radical (unpaired) electrons. The lowest BCUT2D eigenvalue weighted by Crippen LogP contribution is -2.30. The van der Waals surface area contributed by atoms with E-state index in [1.807, 2.05) is 0 Å². The Morgan fingerprint density at radius 1 is 1.39 bits per heavy atom. The zero-order valence-corrected chi connectivity index (χ0v) is 10.1. The molecule has 0 spiro atoms. The van der Waals surface area contributed by atoms with Crippen molar-refractivity contribution in [2.75, 3.05) is 13.6 Å². The maximum atomic E-state index is 12.2. The smallest absolute Gasteiger partial charge is 0.401 e. The largest absolute Gasteiger partial charge is 0.478 e. The molecule has 0 aromatic heterocycles. The molecule has 1 rings (SSSR count). The molecule has 0 saturated carbocycles. The van der Waals surface area contributed by atoms with Gasteiger partial charge in [-0.2, -0.15) is 13.2 Å². The molecular formula is C12H14F3NO2. The van der Waals surface area contributed by atoms with Crippen molar-refractivity contribution in [3.05, 3.63) is 34.9 Å². The summed E-state index contributed by atoms with van der Waals surface area (Å²) >= 11 is 0.